The number of aryl methyl sites for hydroxylation is 1. The van der Waals surface area contributed by atoms with Crippen molar-refractivity contribution in [2.45, 2.75) is 12.8 Å². The van der Waals surface area contributed by atoms with E-state index in [0.717, 1.165) is 5.56 Å². The standard InChI is InChI=1S/C10H12ClN3OS/c11-8-4-1-7(2-5-8)3-6-9(15)13-14-10(12)16/h1-2,4-5H,3,6H2,(H,13,15)(H3,12,14,16). The lowest BCUT2D eigenvalue weighted by atomic mass is 10.1. The molecule has 0 aliphatic heterocycles. The van der Waals surface area contributed by atoms with Gasteiger partial charge in [0.1, 0.15) is 0 Å². The first-order valence-electron chi connectivity index (χ1n) is 4.66. The van der Waals surface area contributed by atoms with Crippen LogP contribution in [0.25, 0.3) is 0 Å². The summed E-state index contributed by atoms with van der Waals surface area (Å²) in [6.45, 7) is 0. The first kappa shape index (κ1) is 12.7. The highest BCUT2D eigenvalue weighted by Crippen LogP contribution is 2.10. The number of hydrogen-bond acceptors (Lipinski definition) is 2. The van der Waals surface area contributed by atoms with E-state index < -0.39 is 0 Å². The number of rotatable bonds is 3. The van der Waals surface area contributed by atoms with Crippen LogP contribution < -0.4 is 16.6 Å². The van der Waals surface area contributed by atoms with Crippen molar-refractivity contribution < 1.29 is 4.79 Å². The number of halogens is 1. The van der Waals surface area contributed by atoms with Gasteiger partial charge in [0.25, 0.3) is 0 Å². The number of nitrogens with two attached hydrogens (primary N) is 1. The van der Waals surface area contributed by atoms with Gasteiger partial charge in [-0.1, -0.05) is 23.7 Å². The number of amides is 1. The summed E-state index contributed by atoms with van der Waals surface area (Å²) in [5.74, 6) is -0.164. The SMILES string of the molecule is NC(=S)NNC(=O)CCc1ccc(Cl)cc1. The molecule has 4 N–H and O–H groups in total. The van der Waals surface area contributed by atoms with Gasteiger partial charge < -0.3 is 5.73 Å². The molecule has 0 unspecified atom stereocenters. The van der Waals surface area contributed by atoms with E-state index in [0.29, 0.717) is 17.9 Å². The van der Waals surface area contributed by atoms with Crippen molar-refractivity contribution in [3.63, 3.8) is 0 Å². The highest BCUT2D eigenvalue weighted by atomic mass is 35.5. The number of thiocarbonyl (C=S) groups is 1. The van der Waals surface area contributed by atoms with Crippen molar-refractivity contribution >= 4 is 34.8 Å². The summed E-state index contributed by atoms with van der Waals surface area (Å²) in [7, 11) is 0. The van der Waals surface area contributed by atoms with Crippen molar-refractivity contribution in [1.29, 1.82) is 0 Å². The third-order valence-electron chi connectivity index (χ3n) is 1.88. The Morgan fingerprint density at radius 2 is 1.94 bits per heavy atom. The molecule has 16 heavy (non-hydrogen) atoms. The summed E-state index contributed by atoms with van der Waals surface area (Å²) in [5, 5.41) is 0.725. The van der Waals surface area contributed by atoms with E-state index in [2.05, 4.69) is 23.1 Å². The predicted molar refractivity (Wildman–Crippen MR) is 67.8 cm³/mol. The Bertz CT molecular complexity index is 380. The van der Waals surface area contributed by atoms with Gasteiger partial charge in [0.05, 0.1) is 0 Å². The first-order chi connectivity index (χ1) is 7.58. The maximum atomic E-state index is 11.3. The molecule has 1 rings (SSSR count). The third kappa shape index (κ3) is 4.95. The topological polar surface area (TPSA) is 67.2 Å². The molecule has 0 bridgehead atoms. The van der Waals surface area contributed by atoms with Crippen LogP contribution in [-0.4, -0.2) is 11.0 Å². The minimum atomic E-state index is -0.164. The average molecular weight is 258 g/mol. The fraction of sp³-hybridized carbons (Fsp3) is 0.200. The molecule has 1 aromatic rings. The molecule has 4 nitrogen and oxygen atoms in total. The Morgan fingerprint density at radius 1 is 1.31 bits per heavy atom. The van der Waals surface area contributed by atoms with Gasteiger partial charge in [0.2, 0.25) is 5.91 Å². The van der Waals surface area contributed by atoms with Gasteiger partial charge in [0, 0.05) is 11.4 Å². The summed E-state index contributed by atoms with van der Waals surface area (Å²) in [5.41, 5.74) is 11.0. The quantitative estimate of drug-likeness (QED) is 0.561. The number of nitrogens with one attached hydrogen (secondary N) is 2. The zero-order valence-corrected chi connectivity index (χ0v) is 10.1. The van der Waals surface area contributed by atoms with E-state index in [-0.39, 0.29) is 11.0 Å². The van der Waals surface area contributed by atoms with Crippen molar-refractivity contribution in [3.8, 4) is 0 Å². The Kier molecular flexibility index (Phi) is 5.01. The molecule has 1 aromatic carbocycles. The molecule has 0 saturated carbocycles. The predicted octanol–water partition coefficient (Wildman–Crippen LogP) is 1.14. The number of hydrogen-bond donors (Lipinski definition) is 3. The zero-order valence-electron chi connectivity index (χ0n) is 8.50. The van der Waals surface area contributed by atoms with E-state index in [4.69, 9.17) is 17.3 Å². The van der Waals surface area contributed by atoms with E-state index >= 15 is 0 Å². The van der Waals surface area contributed by atoms with E-state index in [1.165, 1.54) is 0 Å². The van der Waals surface area contributed by atoms with Gasteiger partial charge in [-0.2, -0.15) is 0 Å². The highest BCUT2D eigenvalue weighted by Gasteiger charge is 2.01. The van der Waals surface area contributed by atoms with Crippen molar-refractivity contribution in [3.05, 3.63) is 34.9 Å². The van der Waals surface area contributed by atoms with Crippen LogP contribution >= 0.6 is 23.8 Å². The second-order valence-corrected chi connectivity index (χ2v) is 4.04. The Morgan fingerprint density at radius 3 is 2.50 bits per heavy atom. The van der Waals surface area contributed by atoms with Crippen LogP contribution in [0.5, 0.6) is 0 Å². The molecule has 0 aliphatic carbocycles. The van der Waals surface area contributed by atoms with Gasteiger partial charge in [-0.15, -0.1) is 0 Å². The Balaban J connectivity index is 2.31. The zero-order chi connectivity index (χ0) is 12.0. The highest BCUT2D eigenvalue weighted by molar-refractivity contribution is 7.80. The van der Waals surface area contributed by atoms with Gasteiger partial charge in [-0.3, -0.25) is 15.6 Å². The molecule has 0 fully saturated rings. The number of benzene rings is 1. The van der Waals surface area contributed by atoms with E-state index in [1.807, 2.05) is 12.1 Å². The van der Waals surface area contributed by atoms with Gasteiger partial charge in [0.15, 0.2) is 5.11 Å². The summed E-state index contributed by atoms with van der Waals surface area (Å²) in [6, 6.07) is 7.36. The monoisotopic (exact) mass is 257 g/mol. The third-order valence-corrected chi connectivity index (χ3v) is 2.23. The van der Waals surface area contributed by atoms with Crippen LogP contribution in [0, 0.1) is 0 Å². The molecule has 1 amide bonds. The summed E-state index contributed by atoms with van der Waals surface area (Å²) >= 11 is 10.3. The molecular formula is C10H12ClN3OS. The van der Waals surface area contributed by atoms with Crippen molar-refractivity contribution in [2.24, 2.45) is 5.73 Å². The smallest absolute Gasteiger partial charge is 0.238 e. The van der Waals surface area contributed by atoms with Gasteiger partial charge in [-0.05, 0) is 36.3 Å². The lowest BCUT2D eigenvalue weighted by Crippen LogP contribution is -2.44. The average Bonchev–Trinajstić information content (AvgIpc) is 2.25. The van der Waals surface area contributed by atoms with Crippen LogP contribution in [0.15, 0.2) is 24.3 Å². The van der Waals surface area contributed by atoms with E-state index in [9.17, 15) is 4.79 Å². The minimum absolute atomic E-state index is 0.0415. The number of carbonyl (C=O) groups excluding carboxylic acids is 1. The molecule has 6 heteroatoms. The normalized spacial score (nSPS) is 9.56. The molecule has 0 atom stereocenters. The summed E-state index contributed by atoms with van der Waals surface area (Å²) < 4.78 is 0. The van der Waals surface area contributed by atoms with Crippen molar-refractivity contribution in [1.82, 2.24) is 10.9 Å². The second kappa shape index (κ2) is 6.30. The second-order valence-electron chi connectivity index (χ2n) is 3.16. The number of hydrazine groups is 1. The summed E-state index contributed by atoms with van der Waals surface area (Å²) in [4.78, 5) is 11.3. The largest absolute Gasteiger partial charge is 0.375 e. The minimum Gasteiger partial charge on any atom is -0.375 e. The van der Waals surface area contributed by atoms with E-state index in [1.54, 1.807) is 12.1 Å². The molecule has 86 valence electrons. The van der Waals surface area contributed by atoms with Crippen molar-refractivity contribution in [2.75, 3.05) is 0 Å². The van der Waals surface area contributed by atoms with Gasteiger partial charge in [-0.25, -0.2) is 0 Å². The Labute approximate surface area is 104 Å². The fourth-order valence-electron chi connectivity index (χ4n) is 1.10. The molecule has 0 heterocycles. The Hall–Kier alpha value is -1.33. The summed E-state index contributed by atoms with van der Waals surface area (Å²) in [6.07, 6.45) is 0.999. The molecule has 0 aromatic heterocycles. The maximum Gasteiger partial charge on any atom is 0.238 e. The lowest BCUT2D eigenvalue weighted by molar-refractivity contribution is -0.121. The van der Waals surface area contributed by atoms with Crippen LogP contribution in [-0.2, 0) is 11.2 Å². The number of carbonyl (C=O) groups is 1. The first-order valence-corrected chi connectivity index (χ1v) is 5.45. The fourth-order valence-corrected chi connectivity index (χ4v) is 1.28. The molecular weight excluding hydrogens is 246 g/mol. The van der Waals surface area contributed by atoms with Crippen LogP contribution in [0.2, 0.25) is 5.02 Å². The molecule has 0 spiro atoms. The van der Waals surface area contributed by atoms with Crippen LogP contribution in [0.1, 0.15) is 12.0 Å². The lowest BCUT2D eigenvalue weighted by Gasteiger charge is -2.06. The molecule has 0 saturated heterocycles. The molecule has 0 radical (unpaired) electrons. The van der Waals surface area contributed by atoms with Gasteiger partial charge >= 0.3 is 0 Å². The maximum absolute atomic E-state index is 11.3. The van der Waals surface area contributed by atoms with Crippen LogP contribution in [0.3, 0.4) is 0 Å². The molecule has 0 aliphatic rings. The van der Waals surface area contributed by atoms with Crippen LogP contribution in [0.4, 0.5) is 0 Å².